The van der Waals surface area contributed by atoms with E-state index in [1.54, 1.807) is 6.07 Å². The van der Waals surface area contributed by atoms with E-state index in [9.17, 15) is 26.8 Å². The van der Waals surface area contributed by atoms with Crippen molar-refractivity contribution in [2.45, 2.75) is 36.7 Å². The van der Waals surface area contributed by atoms with Gasteiger partial charge in [-0.05, 0) is 50.2 Å². The number of benzene rings is 2. The molecule has 0 bridgehead atoms. The second-order valence-corrected chi connectivity index (χ2v) is 14.4. The predicted octanol–water partition coefficient (Wildman–Crippen LogP) is 3.13. The van der Waals surface area contributed by atoms with E-state index >= 15 is 0 Å². The van der Waals surface area contributed by atoms with Crippen molar-refractivity contribution >= 4 is 39.2 Å². The van der Waals surface area contributed by atoms with E-state index in [1.165, 1.54) is 7.11 Å². The van der Waals surface area contributed by atoms with E-state index in [2.05, 4.69) is 32.6 Å². The van der Waals surface area contributed by atoms with Crippen molar-refractivity contribution in [3.05, 3.63) is 64.9 Å². The maximum Gasteiger partial charge on any atom is 0.435 e. The zero-order valence-electron chi connectivity index (χ0n) is 28.0. The van der Waals surface area contributed by atoms with Gasteiger partial charge in [0.25, 0.3) is 5.91 Å². The Morgan fingerprint density at radius 1 is 1.00 bits per heavy atom. The van der Waals surface area contributed by atoms with E-state index in [1.807, 2.05) is 12.1 Å². The van der Waals surface area contributed by atoms with Gasteiger partial charge in [0.15, 0.2) is 5.82 Å². The van der Waals surface area contributed by atoms with E-state index in [0.29, 0.717) is 36.2 Å². The summed E-state index contributed by atoms with van der Waals surface area (Å²) >= 11 is 0. The Bertz CT molecular complexity index is 1810. The lowest BCUT2D eigenvalue weighted by atomic mass is 10.1. The minimum absolute atomic E-state index is 0.00485. The van der Waals surface area contributed by atoms with Gasteiger partial charge in [-0.2, -0.15) is 8.99 Å². The van der Waals surface area contributed by atoms with Gasteiger partial charge >= 0.3 is 6.09 Å². The number of rotatable bonds is 10. The quantitative estimate of drug-likeness (QED) is 0.298. The number of fused-ring (bicyclic) bond motifs is 1. The number of ether oxygens (including phenoxy) is 3. The third kappa shape index (κ3) is 7.91. The number of carbonyl (C=O) groups is 2. The molecule has 17 heteroatoms. The highest BCUT2D eigenvalue weighted by Crippen LogP contribution is 2.32. The van der Waals surface area contributed by atoms with E-state index in [0.717, 1.165) is 65.8 Å². The highest BCUT2D eigenvalue weighted by atomic mass is 32.2. The number of likely N-dealkylation sites (N-methyl/N-ethyl adjacent to an activating group) is 1. The van der Waals surface area contributed by atoms with Gasteiger partial charge in [-0.25, -0.2) is 22.0 Å². The van der Waals surface area contributed by atoms with Crippen LogP contribution in [-0.4, -0.2) is 119 Å². The van der Waals surface area contributed by atoms with Crippen molar-refractivity contribution in [2.75, 3.05) is 88.8 Å². The zero-order chi connectivity index (χ0) is 35.4. The van der Waals surface area contributed by atoms with Crippen molar-refractivity contribution in [1.82, 2.24) is 19.0 Å². The van der Waals surface area contributed by atoms with Crippen LogP contribution in [0.2, 0.25) is 0 Å². The van der Waals surface area contributed by atoms with Crippen LogP contribution in [0.15, 0.2) is 41.3 Å². The minimum atomic E-state index is -4.37. The number of aromatic nitrogens is 2. The molecule has 2 saturated heterocycles. The number of sulfonamides is 1. The van der Waals surface area contributed by atoms with Crippen molar-refractivity contribution in [3.8, 4) is 0 Å². The number of methoxy groups -OCH3 is 1. The number of amides is 1. The van der Waals surface area contributed by atoms with Gasteiger partial charge in [-0.3, -0.25) is 4.79 Å². The van der Waals surface area contributed by atoms with Crippen molar-refractivity contribution in [3.63, 3.8) is 0 Å². The fourth-order valence-electron chi connectivity index (χ4n) is 6.30. The zero-order valence-corrected chi connectivity index (χ0v) is 28.8. The molecular formula is C33H41F2N7O7S. The van der Waals surface area contributed by atoms with Gasteiger partial charge in [0.2, 0.25) is 10.0 Å². The molecule has 0 aliphatic carbocycles. The number of anilines is 3. The molecule has 6 rings (SSSR count). The topological polar surface area (TPSA) is 148 Å². The average Bonchev–Trinajstić information content (AvgIpc) is 3.46. The Kier molecular flexibility index (Phi) is 11.0. The molecule has 2 aromatic carbocycles. The van der Waals surface area contributed by atoms with Gasteiger partial charge in [0, 0.05) is 95.1 Å². The Morgan fingerprint density at radius 3 is 2.42 bits per heavy atom. The Labute approximate surface area is 289 Å². The molecule has 0 unspecified atom stereocenters. The first-order chi connectivity index (χ1) is 24.0. The number of nitrogens with zero attached hydrogens (tertiary/aromatic N) is 5. The third-order valence-corrected chi connectivity index (χ3v) is 10.9. The first kappa shape index (κ1) is 35.7. The molecule has 1 aromatic heterocycles. The highest BCUT2D eigenvalue weighted by Gasteiger charge is 2.35. The largest absolute Gasteiger partial charge is 0.445 e. The van der Waals surface area contributed by atoms with Crippen LogP contribution in [0, 0.1) is 11.6 Å². The van der Waals surface area contributed by atoms with Crippen LogP contribution in [0.25, 0.3) is 0 Å². The molecular weight excluding hydrogens is 676 g/mol. The third-order valence-electron chi connectivity index (χ3n) is 9.11. The van der Waals surface area contributed by atoms with Crippen LogP contribution in [0.4, 0.5) is 30.8 Å². The fourth-order valence-corrected chi connectivity index (χ4v) is 7.75. The summed E-state index contributed by atoms with van der Waals surface area (Å²) in [6.45, 7) is 4.33. The molecule has 0 atom stereocenters. The summed E-state index contributed by atoms with van der Waals surface area (Å²) in [6.07, 6.45) is 0.705. The van der Waals surface area contributed by atoms with E-state index < -0.39 is 38.6 Å². The summed E-state index contributed by atoms with van der Waals surface area (Å²) in [5, 5.41) is 10.7. The molecule has 2 N–H and O–H groups in total. The lowest BCUT2D eigenvalue weighted by Crippen LogP contribution is -2.44. The Balaban J connectivity index is 1.32. The van der Waals surface area contributed by atoms with Crippen LogP contribution >= 0.6 is 0 Å². The molecule has 50 heavy (non-hydrogen) atoms. The molecule has 0 radical (unpaired) electrons. The summed E-state index contributed by atoms with van der Waals surface area (Å²) in [4.78, 5) is 31.1. The molecule has 3 aliphatic heterocycles. The molecule has 14 nitrogen and oxygen atoms in total. The smallest absolute Gasteiger partial charge is 0.435 e. The summed E-state index contributed by atoms with van der Waals surface area (Å²) in [7, 11) is -0.835. The van der Waals surface area contributed by atoms with E-state index in [4.69, 9.17) is 14.2 Å². The summed E-state index contributed by atoms with van der Waals surface area (Å²) in [5.74, 6) is -2.65. The van der Waals surface area contributed by atoms with Gasteiger partial charge in [0.05, 0.1) is 22.8 Å². The number of halogens is 2. The lowest BCUT2D eigenvalue weighted by Gasteiger charge is -2.34. The number of hydrogen-bond acceptors (Lipinski definition) is 11. The Morgan fingerprint density at radius 2 is 1.72 bits per heavy atom. The average molecular weight is 718 g/mol. The van der Waals surface area contributed by atoms with Crippen LogP contribution < -0.4 is 15.5 Å². The minimum Gasteiger partial charge on any atom is -0.445 e. The van der Waals surface area contributed by atoms with Gasteiger partial charge < -0.3 is 34.6 Å². The molecule has 1 amide bonds. The summed E-state index contributed by atoms with van der Waals surface area (Å²) < 4.78 is 72.9. The SMILES string of the molecule is COCCOC(=O)n1nc(NC(=O)c2ccc(N3CCN(C)CC3)cc2NC2CCOCC2)c2c1CCN(S(=O)(=O)c1cc(F)cc(F)c1)C2. The van der Waals surface area contributed by atoms with Gasteiger partial charge in [0.1, 0.15) is 18.2 Å². The Hall–Kier alpha value is -4.16. The predicted molar refractivity (Wildman–Crippen MR) is 180 cm³/mol. The summed E-state index contributed by atoms with van der Waals surface area (Å²) in [6, 6.07) is 7.74. The molecule has 0 spiro atoms. The monoisotopic (exact) mass is 717 g/mol. The molecule has 270 valence electrons. The second kappa shape index (κ2) is 15.4. The van der Waals surface area contributed by atoms with Crippen LogP contribution in [-0.2, 0) is 37.2 Å². The van der Waals surface area contributed by atoms with Crippen LogP contribution in [0.1, 0.15) is 34.5 Å². The number of piperazine rings is 1. The van der Waals surface area contributed by atoms with E-state index in [-0.39, 0.29) is 50.1 Å². The lowest BCUT2D eigenvalue weighted by molar-refractivity contribution is 0.0904. The normalized spacial score (nSPS) is 17.7. The van der Waals surface area contributed by atoms with Gasteiger partial charge in [-0.1, -0.05) is 0 Å². The summed E-state index contributed by atoms with van der Waals surface area (Å²) in [5.41, 5.74) is 2.51. The standard InChI is InChI=1S/C33H41F2N7O7S/c1-39-9-11-40(12-10-39)25-3-4-27(29(20-25)36-24-6-13-48-14-7-24)32(43)37-31-28-21-41(50(45,46)26-18-22(34)17-23(35)19-26)8-5-30(28)42(38-31)33(44)49-16-15-47-2/h3-4,17-20,24,36H,5-16,21H2,1-2H3,(H,37,38,43). The number of nitrogens with one attached hydrogen (secondary N) is 2. The maximum absolute atomic E-state index is 14.1. The van der Waals surface area contributed by atoms with Crippen LogP contribution in [0.5, 0.6) is 0 Å². The highest BCUT2D eigenvalue weighted by molar-refractivity contribution is 7.89. The first-order valence-electron chi connectivity index (χ1n) is 16.5. The molecule has 2 fully saturated rings. The first-order valence-corrected chi connectivity index (χ1v) is 17.9. The number of carbonyl (C=O) groups excluding carboxylic acids is 2. The maximum atomic E-state index is 14.1. The second-order valence-electron chi connectivity index (χ2n) is 12.5. The van der Waals surface area contributed by atoms with Crippen LogP contribution in [0.3, 0.4) is 0 Å². The van der Waals surface area contributed by atoms with Crippen molar-refractivity contribution in [2.24, 2.45) is 0 Å². The molecule has 0 saturated carbocycles. The van der Waals surface area contributed by atoms with Crippen molar-refractivity contribution in [1.29, 1.82) is 0 Å². The van der Waals surface area contributed by atoms with Crippen molar-refractivity contribution < 1.29 is 41.0 Å². The van der Waals surface area contributed by atoms with Gasteiger partial charge in [-0.15, -0.1) is 5.10 Å². The number of hydrogen-bond donors (Lipinski definition) is 2. The molecule has 4 heterocycles. The molecule has 3 aliphatic rings. The molecule has 3 aromatic rings. The fraction of sp³-hybridized carbons (Fsp3) is 0.485.